The minimum absolute atomic E-state index is 0.972. The summed E-state index contributed by atoms with van der Waals surface area (Å²) in [4.78, 5) is 5.00. The maximum Gasteiger partial charge on any atom is 0.0393 e. The maximum atomic E-state index is 4.86. The van der Waals surface area contributed by atoms with Crippen LogP contribution < -0.4 is 0 Å². The van der Waals surface area contributed by atoms with E-state index >= 15 is 0 Å². The molecule has 0 bridgehead atoms. The number of rotatable bonds is 0. The van der Waals surface area contributed by atoms with Gasteiger partial charge in [-0.25, -0.2) is 0 Å². The number of nitrogens with zero attached hydrogens (tertiary/aromatic N) is 1. The van der Waals surface area contributed by atoms with Crippen molar-refractivity contribution in [3.05, 3.63) is 0 Å². The molecule has 0 atom stereocenters. The van der Waals surface area contributed by atoms with Crippen molar-refractivity contribution in [2.24, 2.45) is 4.99 Å². The third-order valence-electron chi connectivity index (χ3n) is 0.946. The number of hydrogen-bond donors (Lipinski definition) is 0. The van der Waals surface area contributed by atoms with Crippen LogP contribution in [-0.2, 0) is 0 Å². The highest BCUT2D eigenvalue weighted by Gasteiger charge is 1.95. The molecule has 1 heterocycles. The zero-order chi connectivity index (χ0) is 5.11. The second-order valence-corrected chi connectivity index (χ2v) is 2.13. The van der Waals surface area contributed by atoms with Crippen LogP contribution >= 0.6 is 12.2 Å². The molecule has 1 aliphatic heterocycles. The van der Waals surface area contributed by atoms with Gasteiger partial charge in [-0.2, -0.15) is 0 Å². The Balaban J connectivity index is 2.51. The SMILES string of the molecule is S=C1C=NCCC1. The van der Waals surface area contributed by atoms with Gasteiger partial charge < -0.3 is 0 Å². The van der Waals surface area contributed by atoms with Crippen molar-refractivity contribution in [1.82, 2.24) is 0 Å². The molecule has 0 aromatic heterocycles. The van der Waals surface area contributed by atoms with Crippen LogP contribution in [0, 0.1) is 0 Å². The van der Waals surface area contributed by atoms with Crippen molar-refractivity contribution in [3.63, 3.8) is 0 Å². The maximum absolute atomic E-state index is 4.86. The summed E-state index contributed by atoms with van der Waals surface area (Å²) >= 11 is 4.86. The van der Waals surface area contributed by atoms with Gasteiger partial charge in [0.1, 0.15) is 0 Å². The predicted octanol–water partition coefficient (Wildman–Crippen LogP) is 1.22. The Hall–Kier alpha value is -0.240. The lowest BCUT2D eigenvalue weighted by molar-refractivity contribution is 0.877. The first kappa shape index (κ1) is 4.91. The van der Waals surface area contributed by atoms with Crippen LogP contribution in [0.5, 0.6) is 0 Å². The van der Waals surface area contributed by atoms with Crippen molar-refractivity contribution in [2.75, 3.05) is 6.54 Å². The lowest BCUT2D eigenvalue weighted by Crippen LogP contribution is -2.03. The molecule has 1 nitrogen and oxygen atoms in total. The van der Waals surface area contributed by atoms with Crippen molar-refractivity contribution >= 4 is 23.3 Å². The van der Waals surface area contributed by atoms with Crippen LogP contribution in [0.2, 0.25) is 0 Å². The topological polar surface area (TPSA) is 12.4 Å². The van der Waals surface area contributed by atoms with Crippen molar-refractivity contribution in [2.45, 2.75) is 12.8 Å². The molecule has 1 aliphatic rings. The monoisotopic (exact) mass is 113 g/mol. The van der Waals surface area contributed by atoms with Crippen molar-refractivity contribution < 1.29 is 0 Å². The van der Waals surface area contributed by atoms with E-state index in [9.17, 15) is 0 Å². The van der Waals surface area contributed by atoms with Crippen LogP contribution in [0.3, 0.4) is 0 Å². The van der Waals surface area contributed by atoms with E-state index in [0.717, 1.165) is 24.3 Å². The summed E-state index contributed by atoms with van der Waals surface area (Å²) in [6, 6.07) is 0. The molecule has 38 valence electrons. The predicted molar refractivity (Wildman–Crippen MR) is 35.2 cm³/mol. The van der Waals surface area contributed by atoms with Gasteiger partial charge in [-0.1, -0.05) is 12.2 Å². The standard InChI is InChI=1S/C5H7NS/c7-5-2-1-3-6-4-5/h4H,1-3H2. The molecule has 2 heteroatoms. The summed E-state index contributed by atoms with van der Waals surface area (Å²) in [6.07, 6.45) is 4.01. The Labute approximate surface area is 48.4 Å². The van der Waals surface area contributed by atoms with Crippen LogP contribution in [0.1, 0.15) is 12.8 Å². The molecule has 0 aliphatic carbocycles. The summed E-state index contributed by atoms with van der Waals surface area (Å²) < 4.78 is 0. The second-order valence-electron chi connectivity index (χ2n) is 1.61. The fraction of sp³-hybridized carbons (Fsp3) is 0.600. The summed E-state index contributed by atoms with van der Waals surface area (Å²) in [5.74, 6) is 0. The van der Waals surface area contributed by atoms with Crippen LogP contribution in [0.25, 0.3) is 0 Å². The molecule has 7 heavy (non-hydrogen) atoms. The molecular weight excluding hydrogens is 106 g/mol. The minimum Gasteiger partial charge on any atom is -0.292 e. The Morgan fingerprint density at radius 3 is 2.86 bits per heavy atom. The highest BCUT2D eigenvalue weighted by Crippen LogP contribution is 1.96. The van der Waals surface area contributed by atoms with E-state index in [1.165, 1.54) is 0 Å². The summed E-state index contributed by atoms with van der Waals surface area (Å²) in [7, 11) is 0. The van der Waals surface area contributed by atoms with Gasteiger partial charge in [0.2, 0.25) is 0 Å². The van der Waals surface area contributed by atoms with Gasteiger partial charge >= 0.3 is 0 Å². The van der Waals surface area contributed by atoms with E-state index in [0.29, 0.717) is 0 Å². The molecule has 0 unspecified atom stereocenters. The Kier molecular flexibility index (Phi) is 1.52. The Morgan fingerprint density at radius 1 is 1.71 bits per heavy atom. The fourth-order valence-corrected chi connectivity index (χ4v) is 0.794. The molecule has 0 fully saturated rings. The van der Waals surface area contributed by atoms with E-state index in [2.05, 4.69) is 4.99 Å². The highest BCUT2D eigenvalue weighted by atomic mass is 32.1. The van der Waals surface area contributed by atoms with Gasteiger partial charge in [-0.05, 0) is 12.8 Å². The molecular formula is C5H7NS. The normalized spacial score (nSPS) is 20.3. The minimum atomic E-state index is 0.972. The quantitative estimate of drug-likeness (QED) is 0.430. The van der Waals surface area contributed by atoms with Gasteiger partial charge in [0.15, 0.2) is 0 Å². The van der Waals surface area contributed by atoms with E-state index in [1.54, 1.807) is 6.21 Å². The highest BCUT2D eigenvalue weighted by molar-refractivity contribution is 7.81. The van der Waals surface area contributed by atoms with Gasteiger partial charge in [0.25, 0.3) is 0 Å². The average Bonchev–Trinajstić information content (AvgIpc) is 1.69. The molecule has 1 rings (SSSR count). The smallest absolute Gasteiger partial charge is 0.0393 e. The fourth-order valence-electron chi connectivity index (χ4n) is 0.575. The number of aliphatic imine (C=N–C) groups is 1. The Bertz CT molecular complexity index is 107. The average molecular weight is 113 g/mol. The first-order valence-corrected chi connectivity index (χ1v) is 2.83. The molecule has 0 saturated heterocycles. The summed E-state index contributed by atoms with van der Waals surface area (Å²) in [5, 5.41) is 0. The molecule has 0 saturated carbocycles. The van der Waals surface area contributed by atoms with E-state index in [1.807, 2.05) is 0 Å². The third kappa shape index (κ3) is 1.35. The van der Waals surface area contributed by atoms with Gasteiger partial charge in [-0.15, -0.1) is 0 Å². The summed E-state index contributed by atoms with van der Waals surface area (Å²) in [6.45, 7) is 0.972. The van der Waals surface area contributed by atoms with Gasteiger partial charge in [0.05, 0.1) is 0 Å². The first-order valence-electron chi connectivity index (χ1n) is 2.42. The van der Waals surface area contributed by atoms with Crippen molar-refractivity contribution in [3.8, 4) is 0 Å². The second kappa shape index (κ2) is 2.17. The molecule has 0 radical (unpaired) electrons. The third-order valence-corrected chi connectivity index (χ3v) is 1.26. The van der Waals surface area contributed by atoms with E-state index < -0.39 is 0 Å². The zero-order valence-corrected chi connectivity index (χ0v) is 4.87. The molecule has 0 N–H and O–H groups in total. The largest absolute Gasteiger partial charge is 0.292 e. The lowest BCUT2D eigenvalue weighted by Gasteiger charge is -1.99. The van der Waals surface area contributed by atoms with E-state index in [-0.39, 0.29) is 0 Å². The van der Waals surface area contributed by atoms with Crippen LogP contribution in [0.15, 0.2) is 4.99 Å². The molecule has 0 aromatic rings. The van der Waals surface area contributed by atoms with Gasteiger partial charge in [0, 0.05) is 17.6 Å². The van der Waals surface area contributed by atoms with Crippen LogP contribution in [0.4, 0.5) is 0 Å². The summed E-state index contributed by atoms with van der Waals surface area (Å²) in [5.41, 5.74) is 0. The Morgan fingerprint density at radius 2 is 2.57 bits per heavy atom. The van der Waals surface area contributed by atoms with Crippen molar-refractivity contribution in [1.29, 1.82) is 0 Å². The van der Waals surface area contributed by atoms with Gasteiger partial charge in [-0.3, -0.25) is 4.99 Å². The molecule has 0 spiro atoms. The molecule has 0 aromatic carbocycles. The van der Waals surface area contributed by atoms with E-state index in [4.69, 9.17) is 12.2 Å². The zero-order valence-electron chi connectivity index (χ0n) is 4.05. The lowest BCUT2D eigenvalue weighted by atomic mass is 10.2. The molecule has 0 amide bonds. The van der Waals surface area contributed by atoms with Crippen LogP contribution in [-0.4, -0.2) is 17.6 Å². The number of thiocarbonyl (C=S) groups is 1. The first-order chi connectivity index (χ1) is 3.39. The number of hydrogen-bond acceptors (Lipinski definition) is 2.